The highest BCUT2D eigenvalue weighted by molar-refractivity contribution is 6.36. The first kappa shape index (κ1) is 25.9. The second-order valence-corrected chi connectivity index (χ2v) is 7.82. The van der Waals surface area contributed by atoms with E-state index >= 15 is 0 Å². The average Bonchev–Trinajstić information content (AvgIpc) is 2.79. The minimum absolute atomic E-state index is 0.0369. The van der Waals surface area contributed by atoms with Gasteiger partial charge in [0.25, 0.3) is 0 Å². The Hall–Kier alpha value is -3.74. The molecule has 0 amide bonds. The van der Waals surface area contributed by atoms with Crippen molar-refractivity contribution in [2.75, 3.05) is 6.61 Å². The van der Waals surface area contributed by atoms with Gasteiger partial charge in [-0.15, -0.1) is 0 Å². The minimum atomic E-state index is -4.75. The molecule has 0 saturated heterocycles. The zero-order chi connectivity index (χ0) is 25.8. The number of rotatable bonds is 7. The fraction of sp³-hybridized carbons (Fsp3) is 0.125. The van der Waals surface area contributed by atoms with Gasteiger partial charge in [-0.3, -0.25) is 10.1 Å². The van der Waals surface area contributed by atoms with Crippen molar-refractivity contribution in [2.45, 2.75) is 13.1 Å². The summed E-state index contributed by atoms with van der Waals surface area (Å²) in [7, 11) is 0. The minimum Gasteiger partial charge on any atom is -0.490 e. The van der Waals surface area contributed by atoms with E-state index < -0.39 is 28.1 Å². The van der Waals surface area contributed by atoms with Crippen LogP contribution in [0.3, 0.4) is 0 Å². The van der Waals surface area contributed by atoms with Gasteiger partial charge < -0.3 is 9.47 Å². The Morgan fingerprint density at radius 1 is 1.09 bits per heavy atom. The molecule has 3 aromatic rings. The zero-order valence-corrected chi connectivity index (χ0v) is 19.4. The van der Waals surface area contributed by atoms with Crippen LogP contribution in [0.1, 0.15) is 23.6 Å². The van der Waals surface area contributed by atoms with E-state index in [1.54, 1.807) is 31.2 Å². The van der Waals surface area contributed by atoms with Crippen molar-refractivity contribution < 1.29 is 27.6 Å². The SMILES string of the molecule is CCOc1cc(/C=C(\C#N)c2ccc(Cl)cc2Cl)ccc1Oc1ccc(C(F)(F)F)cc1[N+](=O)[O-]. The maximum atomic E-state index is 13.0. The molecule has 3 aromatic carbocycles. The number of nitriles is 1. The molecule has 3 rings (SSSR count). The van der Waals surface area contributed by atoms with Crippen molar-refractivity contribution >= 4 is 40.5 Å². The van der Waals surface area contributed by atoms with Crippen LogP contribution < -0.4 is 9.47 Å². The largest absolute Gasteiger partial charge is 0.490 e. The second kappa shape index (κ2) is 10.7. The molecule has 0 aromatic heterocycles. The third-order valence-corrected chi connectivity index (χ3v) is 5.17. The van der Waals surface area contributed by atoms with Crippen LogP contribution in [0, 0.1) is 21.4 Å². The van der Waals surface area contributed by atoms with Gasteiger partial charge in [0.2, 0.25) is 5.75 Å². The Labute approximate surface area is 207 Å². The highest BCUT2D eigenvalue weighted by Gasteiger charge is 2.33. The molecule has 0 radical (unpaired) electrons. The Kier molecular flexibility index (Phi) is 7.89. The van der Waals surface area contributed by atoms with Crippen molar-refractivity contribution in [3.8, 4) is 23.3 Å². The molecular weight excluding hydrogens is 508 g/mol. The smallest absolute Gasteiger partial charge is 0.416 e. The van der Waals surface area contributed by atoms with Crippen molar-refractivity contribution in [3.05, 3.63) is 91.4 Å². The van der Waals surface area contributed by atoms with Gasteiger partial charge in [-0.1, -0.05) is 35.3 Å². The van der Waals surface area contributed by atoms with E-state index in [9.17, 15) is 28.5 Å². The number of nitrogens with zero attached hydrogens (tertiary/aromatic N) is 2. The third-order valence-electron chi connectivity index (χ3n) is 4.62. The summed E-state index contributed by atoms with van der Waals surface area (Å²) < 4.78 is 50.0. The summed E-state index contributed by atoms with van der Waals surface area (Å²) in [5, 5.41) is 21.7. The first-order chi connectivity index (χ1) is 16.5. The predicted molar refractivity (Wildman–Crippen MR) is 126 cm³/mol. The van der Waals surface area contributed by atoms with Crippen LogP contribution in [0.4, 0.5) is 18.9 Å². The molecular formula is C24H15Cl2F3N2O4. The molecule has 180 valence electrons. The lowest BCUT2D eigenvalue weighted by Crippen LogP contribution is -2.06. The van der Waals surface area contributed by atoms with E-state index in [2.05, 4.69) is 6.07 Å². The molecule has 0 heterocycles. The Balaban J connectivity index is 2.01. The Morgan fingerprint density at radius 3 is 2.40 bits per heavy atom. The van der Waals surface area contributed by atoms with E-state index in [0.29, 0.717) is 28.3 Å². The van der Waals surface area contributed by atoms with E-state index in [4.69, 9.17) is 32.7 Å². The van der Waals surface area contributed by atoms with E-state index in [-0.39, 0.29) is 28.7 Å². The number of nitro benzene ring substituents is 1. The summed E-state index contributed by atoms with van der Waals surface area (Å²) >= 11 is 12.1. The maximum absolute atomic E-state index is 13.0. The van der Waals surface area contributed by atoms with E-state index in [1.165, 1.54) is 18.2 Å². The first-order valence-electron chi connectivity index (χ1n) is 9.91. The standard InChI is InChI=1S/C24H15Cl2F3N2O4/c1-2-34-23-10-14(9-15(13-30)18-6-5-17(25)12-19(18)26)3-7-22(23)35-21-8-4-16(24(27,28)29)11-20(21)31(32)33/h3-12H,2H2,1H3/b15-9+. The molecule has 0 aliphatic carbocycles. The lowest BCUT2D eigenvalue weighted by molar-refractivity contribution is -0.385. The lowest BCUT2D eigenvalue weighted by Gasteiger charge is -2.14. The number of allylic oxidation sites excluding steroid dienone is 1. The van der Waals surface area contributed by atoms with Gasteiger partial charge in [0.15, 0.2) is 11.5 Å². The summed E-state index contributed by atoms with van der Waals surface area (Å²) in [5.74, 6) is -0.192. The molecule has 0 aliphatic rings. The van der Waals surface area contributed by atoms with Gasteiger partial charge in [0.05, 0.1) is 33.8 Å². The van der Waals surface area contributed by atoms with E-state index in [1.807, 2.05) is 0 Å². The highest BCUT2D eigenvalue weighted by atomic mass is 35.5. The molecule has 0 aliphatic heterocycles. The van der Waals surface area contributed by atoms with Crippen LogP contribution in [0.15, 0.2) is 54.6 Å². The molecule has 11 heteroatoms. The number of benzene rings is 3. The number of alkyl halides is 3. The average molecular weight is 523 g/mol. The summed E-state index contributed by atoms with van der Waals surface area (Å²) in [4.78, 5) is 10.4. The lowest BCUT2D eigenvalue weighted by atomic mass is 10.0. The summed E-state index contributed by atoms with van der Waals surface area (Å²) in [5.41, 5.74) is -0.814. The van der Waals surface area contributed by atoms with Crippen molar-refractivity contribution in [1.29, 1.82) is 5.26 Å². The van der Waals surface area contributed by atoms with Crippen LogP contribution in [0.25, 0.3) is 11.6 Å². The maximum Gasteiger partial charge on any atom is 0.416 e. The van der Waals surface area contributed by atoms with Gasteiger partial charge >= 0.3 is 11.9 Å². The van der Waals surface area contributed by atoms with Gasteiger partial charge in [-0.2, -0.15) is 18.4 Å². The third kappa shape index (κ3) is 6.23. The quantitative estimate of drug-likeness (QED) is 0.135. The number of halogens is 5. The molecule has 0 bridgehead atoms. The topological polar surface area (TPSA) is 85.4 Å². The van der Waals surface area contributed by atoms with Gasteiger partial charge in [-0.25, -0.2) is 0 Å². The predicted octanol–water partition coefficient (Wildman–Crippen LogP) is 8.18. The van der Waals surface area contributed by atoms with Crippen molar-refractivity contribution in [2.24, 2.45) is 0 Å². The van der Waals surface area contributed by atoms with Crippen LogP contribution in [-0.4, -0.2) is 11.5 Å². The zero-order valence-electron chi connectivity index (χ0n) is 17.9. The molecule has 0 N–H and O–H groups in total. The monoisotopic (exact) mass is 522 g/mol. The van der Waals surface area contributed by atoms with E-state index in [0.717, 1.165) is 6.07 Å². The normalized spacial score (nSPS) is 11.6. The summed E-state index contributed by atoms with van der Waals surface area (Å²) in [6.45, 7) is 1.90. The summed E-state index contributed by atoms with van der Waals surface area (Å²) in [6.07, 6.45) is -3.21. The molecule has 6 nitrogen and oxygen atoms in total. The summed E-state index contributed by atoms with van der Waals surface area (Å²) in [6, 6.07) is 13.2. The molecule has 0 atom stereocenters. The number of hydrogen-bond donors (Lipinski definition) is 0. The van der Waals surface area contributed by atoms with Crippen LogP contribution in [0.2, 0.25) is 10.0 Å². The van der Waals surface area contributed by atoms with Crippen molar-refractivity contribution in [3.63, 3.8) is 0 Å². The second-order valence-electron chi connectivity index (χ2n) is 6.97. The number of nitro groups is 1. The molecule has 0 spiro atoms. The molecule has 35 heavy (non-hydrogen) atoms. The van der Waals surface area contributed by atoms with Crippen LogP contribution in [-0.2, 0) is 6.18 Å². The number of ether oxygens (including phenoxy) is 2. The number of hydrogen-bond acceptors (Lipinski definition) is 5. The van der Waals surface area contributed by atoms with Gasteiger partial charge in [0, 0.05) is 16.7 Å². The fourth-order valence-electron chi connectivity index (χ4n) is 3.05. The van der Waals surface area contributed by atoms with Gasteiger partial charge in [0.1, 0.15) is 0 Å². The molecule has 0 unspecified atom stereocenters. The first-order valence-corrected chi connectivity index (χ1v) is 10.7. The van der Waals surface area contributed by atoms with Crippen LogP contribution >= 0.6 is 23.2 Å². The van der Waals surface area contributed by atoms with Gasteiger partial charge in [-0.05, 0) is 55.0 Å². The molecule has 0 fully saturated rings. The Bertz CT molecular complexity index is 1350. The highest BCUT2D eigenvalue weighted by Crippen LogP contribution is 2.40. The van der Waals surface area contributed by atoms with Crippen molar-refractivity contribution in [1.82, 2.24) is 0 Å². The Morgan fingerprint density at radius 2 is 1.80 bits per heavy atom. The fourth-order valence-corrected chi connectivity index (χ4v) is 3.56. The van der Waals surface area contributed by atoms with Crippen LogP contribution in [0.5, 0.6) is 17.2 Å². The molecule has 0 saturated carbocycles.